The summed E-state index contributed by atoms with van der Waals surface area (Å²) in [5.41, 5.74) is 2.39. The van der Waals surface area contributed by atoms with Crippen molar-refractivity contribution in [1.82, 2.24) is 14.5 Å². The number of aryl methyl sites for hydroxylation is 2. The van der Waals surface area contributed by atoms with Crippen molar-refractivity contribution in [2.24, 2.45) is 7.05 Å². The molecule has 3 aromatic rings. The van der Waals surface area contributed by atoms with E-state index in [1.54, 1.807) is 34.8 Å². The zero-order valence-electron chi connectivity index (χ0n) is 16.4. The third kappa shape index (κ3) is 3.54. The summed E-state index contributed by atoms with van der Waals surface area (Å²) in [5.74, 6) is -0.310. The molecule has 0 bridgehead atoms. The van der Waals surface area contributed by atoms with Crippen LogP contribution >= 0.6 is 11.3 Å². The van der Waals surface area contributed by atoms with Gasteiger partial charge in [-0.3, -0.25) is 9.52 Å². The minimum absolute atomic E-state index is 0.0990. The van der Waals surface area contributed by atoms with Crippen molar-refractivity contribution in [2.75, 3.05) is 31.0 Å². The van der Waals surface area contributed by atoms with Crippen LogP contribution in [0.5, 0.6) is 0 Å². The van der Waals surface area contributed by atoms with E-state index < -0.39 is 10.0 Å². The molecule has 1 N–H and O–H groups in total. The number of hydrogen-bond donors (Lipinski definition) is 1. The standard InChI is InChI=1S/C19H19N5O4S2/c1-12-3-4-14(17-16(12)13(9-20)10-23(17)2)22-30(26,27)19-21-15(11-29-19)18(25)24-5-7-28-8-6-24/h3-4,10-11,22H,5-8H2,1-2H3. The number of nitrogens with zero attached hydrogens (tertiary/aromatic N) is 4. The van der Waals surface area contributed by atoms with E-state index in [-0.39, 0.29) is 15.9 Å². The van der Waals surface area contributed by atoms with Gasteiger partial charge in [0.1, 0.15) is 11.8 Å². The molecule has 156 valence electrons. The quantitative estimate of drug-likeness (QED) is 0.657. The zero-order valence-corrected chi connectivity index (χ0v) is 18.0. The molecule has 0 atom stereocenters. The van der Waals surface area contributed by atoms with Gasteiger partial charge >= 0.3 is 0 Å². The number of ether oxygens (including phenoxy) is 1. The molecule has 0 spiro atoms. The molecule has 9 nitrogen and oxygen atoms in total. The van der Waals surface area contributed by atoms with Crippen molar-refractivity contribution in [2.45, 2.75) is 11.3 Å². The number of sulfonamides is 1. The average molecular weight is 446 g/mol. The first-order valence-electron chi connectivity index (χ1n) is 9.16. The van der Waals surface area contributed by atoms with Gasteiger partial charge < -0.3 is 14.2 Å². The van der Waals surface area contributed by atoms with Gasteiger partial charge in [-0.1, -0.05) is 6.07 Å². The van der Waals surface area contributed by atoms with Crippen LogP contribution in [0.4, 0.5) is 5.69 Å². The Morgan fingerprint density at radius 2 is 2.07 bits per heavy atom. The Hall–Kier alpha value is -2.94. The summed E-state index contributed by atoms with van der Waals surface area (Å²) < 4.78 is 35.2. The van der Waals surface area contributed by atoms with Gasteiger partial charge in [0.15, 0.2) is 0 Å². The maximum absolute atomic E-state index is 12.9. The molecule has 0 saturated carbocycles. The highest BCUT2D eigenvalue weighted by molar-refractivity contribution is 7.94. The van der Waals surface area contributed by atoms with E-state index >= 15 is 0 Å². The van der Waals surface area contributed by atoms with E-state index in [2.05, 4.69) is 15.8 Å². The van der Waals surface area contributed by atoms with Crippen LogP contribution in [0, 0.1) is 18.3 Å². The van der Waals surface area contributed by atoms with Gasteiger partial charge in [-0.2, -0.15) is 13.7 Å². The SMILES string of the molecule is Cc1ccc(NS(=O)(=O)c2nc(C(=O)N3CCOCC3)cs2)c2c1c(C#N)cn2C. The van der Waals surface area contributed by atoms with Gasteiger partial charge in [-0.15, -0.1) is 11.3 Å². The highest BCUT2D eigenvalue weighted by Gasteiger charge is 2.26. The summed E-state index contributed by atoms with van der Waals surface area (Å²) in [5, 5.41) is 11.5. The number of amides is 1. The minimum Gasteiger partial charge on any atom is -0.378 e. The summed E-state index contributed by atoms with van der Waals surface area (Å²) in [7, 11) is -2.26. The molecule has 1 aliphatic heterocycles. The van der Waals surface area contributed by atoms with Crippen molar-refractivity contribution >= 4 is 43.9 Å². The van der Waals surface area contributed by atoms with Crippen LogP contribution in [-0.2, 0) is 21.8 Å². The Balaban J connectivity index is 1.65. The lowest BCUT2D eigenvalue weighted by Crippen LogP contribution is -2.40. The third-order valence-electron chi connectivity index (χ3n) is 4.93. The summed E-state index contributed by atoms with van der Waals surface area (Å²) in [6, 6.07) is 5.56. The van der Waals surface area contributed by atoms with Crippen LogP contribution in [-0.4, -0.2) is 55.1 Å². The van der Waals surface area contributed by atoms with Crippen LogP contribution in [0.3, 0.4) is 0 Å². The lowest BCUT2D eigenvalue weighted by molar-refractivity contribution is 0.0299. The number of nitrogens with one attached hydrogen (secondary N) is 1. The first-order chi connectivity index (χ1) is 14.3. The highest BCUT2D eigenvalue weighted by atomic mass is 32.2. The van der Waals surface area contributed by atoms with E-state index in [1.165, 1.54) is 5.38 Å². The van der Waals surface area contributed by atoms with E-state index in [0.29, 0.717) is 48.5 Å². The number of anilines is 1. The number of hydrogen-bond acceptors (Lipinski definition) is 7. The van der Waals surface area contributed by atoms with Crippen molar-refractivity contribution in [3.8, 4) is 6.07 Å². The van der Waals surface area contributed by atoms with E-state index in [4.69, 9.17) is 4.74 Å². The predicted octanol–water partition coefficient (Wildman–Crippen LogP) is 2.09. The van der Waals surface area contributed by atoms with Crippen molar-refractivity contribution in [3.63, 3.8) is 0 Å². The topological polar surface area (TPSA) is 117 Å². The van der Waals surface area contributed by atoms with E-state index in [0.717, 1.165) is 16.9 Å². The van der Waals surface area contributed by atoms with Gasteiger partial charge in [0.25, 0.3) is 15.9 Å². The fraction of sp³-hybridized carbons (Fsp3) is 0.316. The zero-order chi connectivity index (χ0) is 21.5. The molecule has 11 heteroatoms. The molecule has 1 aliphatic rings. The van der Waals surface area contributed by atoms with Crippen molar-refractivity contribution in [3.05, 3.63) is 40.5 Å². The maximum atomic E-state index is 12.9. The second-order valence-electron chi connectivity index (χ2n) is 6.93. The number of carbonyl (C=O) groups excluding carboxylic acids is 1. The molecule has 1 amide bonds. The summed E-state index contributed by atoms with van der Waals surface area (Å²) in [4.78, 5) is 18.2. The van der Waals surface area contributed by atoms with Crippen molar-refractivity contribution in [1.29, 1.82) is 5.26 Å². The molecule has 1 fully saturated rings. The van der Waals surface area contributed by atoms with Gasteiger partial charge in [-0.05, 0) is 18.6 Å². The minimum atomic E-state index is -4.01. The monoisotopic (exact) mass is 445 g/mol. The third-order valence-corrected chi connectivity index (χ3v) is 7.55. The second-order valence-corrected chi connectivity index (χ2v) is 9.64. The molecule has 30 heavy (non-hydrogen) atoms. The fourth-order valence-electron chi connectivity index (χ4n) is 3.48. The number of rotatable bonds is 4. The van der Waals surface area contributed by atoms with Crippen molar-refractivity contribution < 1.29 is 17.9 Å². The molecule has 4 rings (SSSR count). The molecular weight excluding hydrogens is 426 g/mol. The molecule has 0 unspecified atom stereocenters. The molecule has 0 radical (unpaired) electrons. The molecule has 1 saturated heterocycles. The fourth-order valence-corrected chi connectivity index (χ4v) is 5.54. The molecule has 0 aliphatic carbocycles. The number of carbonyl (C=O) groups is 1. The summed E-state index contributed by atoms with van der Waals surface area (Å²) in [6.45, 7) is 3.67. The normalized spacial score (nSPS) is 14.6. The number of benzene rings is 1. The Labute approximate surface area is 177 Å². The number of fused-ring (bicyclic) bond motifs is 1. The molecule has 1 aromatic carbocycles. The molecule has 3 heterocycles. The summed E-state index contributed by atoms with van der Waals surface area (Å²) in [6.07, 6.45) is 1.66. The predicted molar refractivity (Wildman–Crippen MR) is 112 cm³/mol. The average Bonchev–Trinajstić information content (AvgIpc) is 3.36. The smallest absolute Gasteiger partial charge is 0.289 e. The highest BCUT2D eigenvalue weighted by Crippen LogP contribution is 2.32. The number of nitriles is 1. The van der Waals surface area contributed by atoms with Gasteiger partial charge in [0, 0.05) is 37.1 Å². The number of thiazole rings is 1. The Bertz CT molecular complexity index is 1280. The van der Waals surface area contributed by atoms with Gasteiger partial charge in [0.05, 0.1) is 30.0 Å². The Morgan fingerprint density at radius 1 is 1.33 bits per heavy atom. The number of aromatic nitrogens is 2. The first kappa shape index (κ1) is 20.3. The lowest BCUT2D eigenvalue weighted by Gasteiger charge is -2.25. The van der Waals surface area contributed by atoms with Crippen LogP contribution in [0.1, 0.15) is 21.6 Å². The molecular formula is C19H19N5O4S2. The maximum Gasteiger partial charge on any atom is 0.289 e. The first-order valence-corrected chi connectivity index (χ1v) is 11.5. The Kier molecular flexibility index (Phi) is 5.23. The van der Waals surface area contributed by atoms with Crippen LogP contribution in [0.25, 0.3) is 10.9 Å². The van der Waals surface area contributed by atoms with E-state index in [9.17, 15) is 18.5 Å². The second kappa shape index (κ2) is 7.71. The molecule has 2 aromatic heterocycles. The largest absolute Gasteiger partial charge is 0.378 e. The van der Waals surface area contributed by atoms with Gasteiger partial charge in [-0.25, -0.2) is 4.98 Å². The van der Waals surface area contributed by atoms with Crippen LogP contribution < -0.4 is 4.72 Å². The van der Waals surface area contributed by atoms with E-state index in [1.807, 2.05) is 6.92 Å². The number of morpholine rings is 1. The van der Waals surface area contributed by atoms with Crippen LogP contribution in [0.2, 0.25) is 0 Å². The Morgan fingerprint density at radius 3 is 2.77 bits per heavy atom. The van der Waals surface area contributed by atoms with Gasteiger partial charge in [0.2, 0.25) is 4.34 Å². The summed E-state index contributed by atoms with van der Waals surface area (Å²) >= 11 is 0.891. The van der Waals surface area contributed by atoms with Crippen LogP contribution in [0.15, 0.2) is 28.0 Å². The lowest BCUT2D eigenvalue weighted by atomic mass is 10.1.